The summed E-state index contributed by atoms with van der Waals surface area (Å²) in [6, 6.07) is 8.39. The number of fused-ring (bicyclic) bond motifs is 1. The molecule has 0 amide bonds. The molecule has 2 rings (SSSR count). The molecule has 1 heterocycles. The van der Waals surface area contributed by atoms with Gasteiger partial charge in [0.1, 0.15) is 0 Å². The van der Waals surface area contributed by atoms with E-state index in [0.717, 1.165) is 13.0 Å². The monoisotopic (exact) mass is 189 g/mol. The van der Waals surface area contributed by atoms with Gasteiger partial charge in [0.05, 0.1) is 6.61 Å². The highest BCUT2D eigenvalue weighted by Crippen LogP contribution is 2.21. The Morgan fingerprint density at radius 1 is 1.29 bits per heavy atom. The van der Waals surface area contributed by atoms with Crippen LogP contribution in [-0.2, 0) is 11.2 Å². The zero-order valence-electron chi connectivity index (χ0n) is 8.63. The van der Waals surface area contributed by atoms with Gasteiger partial charge in [-0.05, 0) is 18.6 Å². The molecule has 0 saturated carbocycles. The minimum Gasteiger partial charge on any atom is -0.384 e. The molecule has 0 bridgehead atoms. The Balaban J connectivity index is 2.41. The number of rotatable bonds is 3. The van der Waals surface area contributed by atoms with Crippen molar-refractivity contribution >= 4 is 10.9 Å². The molecule has 2 heteroatoms. The number of H-pyrrole nitrogens is 1. The van der Waals surface area contributed by atoms with Crippen LogP contribution in [-0.4, -0.2) is 18.7 Å². The number of aryl methyl sites for hydroxylation is 1. The first kappa shape index (κ1) is 9.28. The van der Waals surface area contributed by atoms with Gasteiger partial charge in [0.25, 0.3) is 0 Å². The van der Waals surface area contributed by atoms with Crippen LogP contribution in [0.5, 0.6) is 0 Å². The predicted octanol–water partition coefficient (Wildman–Crippen LogP) is 2.67. The van der Waals surface area contributed by atoms with Gasteiger partial charge in [0.2, 0.25) is 0 Å². The summed E-state index contributed by atoms with van der Waals surface area (Å²) in [5.41, 5.74) is 3.85. The fourth-order valence-electron chi connectivity index (χ4n) is 1.79. The van der Waals surface area contributed by atoms with Gasteiger partial charge in [0.15, 0.2) is 0 Å². The molecule has 1 aromatic carbocycles. The second-order valence-electron chi connectivity index (χ2n) is 3.52. The summed E-state index contributed by atoms with van der Waals surface area (Å²) in [5.74, 6) is 0. The topological polar surface area (TPSA) is 25.0 Å². The first-order valence-corrected chi connectivity index (χ1v) is 4.88. The van der Waals surface area contributed by atoms with E-state index >= 15 is 0 Å². The maximum absolute atomic E-state index is 5.08. The molecule has 2 aromatic rings. The molecule has 1 N–H and O–H groups in total. The molecule has 74 valence electrons. The number of ether oxygens (including phenoxy) is 1. The Kier molecular flexibility index (Phi) is 2.55. The van der Waals surface area contributed by atoms with Crippen LogP contribution >= 0.6 is 0 Å². The fraction of sp³-hybridized carbons (Fsp3) is 0.333. The standard InChI is InChI=1S/C12H15NO/c1-9-10-5-3-4-6-12(10)13-11(9)7-8-14-2/h3-6,13H,7-8H2,1-2H3. The van der Waals surface area contributed by atoms with Crippen LogP contribution in [0.25, 0.3) is 10.9 Å². The second kappa shape index (κ2) is 3.84. The van der Waals surface area contributed by atoms with Crippen LogP contribution in [0.1, 0.15) is 11.3 Å². The van der Waals surface area contributed by atoms with Crippen molar-refractivity contribution in [1.82, 2.24) is 4.98 Å². The molecule has 0 aliphatic heterocycles. The third-order valence-electron chi connectivity index (χ3n) is 2.63. The molecule has 0 aliphatic rings. The number of hydrogen-bond donors (Lipinski definition) is 1. The van der Waals surface area contributed by atoms with Gasteiger partial charge >= 0.3 is 0 Å². The molecule has 0 fully saturated rings. The molecule has 0 spiro atoms. The van der Waals surface area contributed by atoms with Crippen LogP contribution in [0, 0.1) is 6.92 Å². The number of benzene rings is 1. The number of aromatic nitrogens is 1. The van der Waals surface area contributed by atoms with Crippen molar-refractivity contribution in [2.75, 3.05) is 13.7 Å². The van der Waals surface area contributed by atoms with E-state index in [1.807, 2.05) is 0 Å². The number of para-hydroxylation sites is 1. The largest absolute Gasteiger partial charge is 0.384 e. The highest BCUT2D eigenvalue weighted by Gasteiger charge is 2.05. The van der Waals surface area contributed by atoms with Gasteiger partial charge in [-0.3, -0.25) is 0 Å². The van der Waals surface area contributed by atoms with Crippen molar-refractivity contribution in [1.29, 1.82) is 0 Å². The fourth-order valence-corrected chi connectivity index (χ4v) is 1.79. The summed E-state index contributed by atoms with van der Waals surface area (Å²) in [5, 5.41) is 1.32. The first-order chi connectivity index (χ1) is 6.83. The lowest BCUT2D eigenvalue weighted by atomic mass is 10.1. The maximum atomic E-state index is 5.08. The molecule has 0 radical (unpaired) electrons. The highest BCUT2D eigenvalue weighted by atomic mass is 16.5. The van der Waals surface area contributed by atoms with E-state index in [1.54, 1.807) is 7.11 Å². The number of hydrogen-bond acceptors (Lipinski definition) is 1. The average Bonchev–Trinajstić information content (AvgIpc) is 2.54. The highest BCUT2D eigenvalue weighted by molar-refractivity contribution is 5.84. The zero-order chi connectivity index (χ0) is 9.97. The average molecular weight is 189 g/mol. The number of methoxy groups -OCH3 is 1. The van der Waals surface area contributed by atoms with Crippen LogP contribution in [0.3, 0.4) is 0 Å². The Morgan fingerprint density at radius 3 is 2.79 bits per heavy atom. The molecule has 14 heavy (non-hydrogen) atoms. The normalized spacial score (nSPS) is 11.0. The Morgan fingerprint density at radius 2 is 2.07 bits per heavy atom. The molecular weight excluding hydrogens is 174 g/mol. The smallest absolute Gasteiger partial charge is 0.0517 e. The number of nitrogens with one attached hydrogen (secondary N) is 1. The third kappa shape index (κ3) is 1.53. The van der Waals surface area contributed by atoms with Crippen LogP contribution in [0.15, 0.2) is 24.3 Å². The van der Waals surface area contributed by atoms with Crippen molar-refractivity contribution in [3.63, 3.8) is 0 Å². The van der Waals surface area contributed by atoms with Crippen molar-refractivity contribution in [2.24, 2.45) is 0 Å². The lowest BCUT2D eigenvalue weighted by Gasteiger charge is -1.98. The van der Waals surface area contributed by atoms with Crippen LogP contribution < -0.4 is 0 Å². The lowest BCUT2D eigenvalue weighted by molar-refractivity contribution is 0.201. The molecule has 0 atom stereocenters. The van der Waals surface area contributed by atoms with E-state index in [0.29, 0.717) is 0 Å². The summed E-state index contributed by atoms with van der Waals surface area (Å²) in [6.07, 6.45) is 0.955. The minimum absolute atomic E-state index is 0.771. The Bertz CT molecular complexity index is 431. The summed E-state index contributed by atoms with van der Waals surface area (Å²) in [7, 11) is 1.73. The summed E-state index contributed by atoms with van der Waals surface area (Å²) in [4.78, 5) is 3.42. The van der Waals surface area contributed by atoms with E-state index in [2.05, 4.69) is 36.2 Å². The SMILES string of the molecule is COCCc1[nH]c2ccccc2c1C. The first-order valence-electron chi connectivity index (χ1n) is 4.88. The van der Waals surface area contributed by atoms with Gasteiger partial charge in [0, 0.05) is 30.1 Å². The van der Waals surface area contributed by atoms with Crippen molar-refractivity contribution in [3.05, 3.63) is 35.5 Å². The van der Waals surface area contributed by atoms with Crippen molar-refractivity contribution in [2.45, 2.75) is 13.3 Å². The van der Waals surface area contributed by atoms with Gasteiger partial charge in [-0.25, -0.2) is 0 Å². The quantitative estimate of drug-likeness (QED) is 0.789. The van der Waals surface area contributed by atoms with Gasteiger partial charge < -0.3 is 9.72 Å². The predicted molar refractivity (Wildman–Crippen MR) is 58.6 cm³/mol. The second-order valence-corrected chi connectivity index (χ2v) is 3.52. The van der Waals surface area contributed by atoms with E-state index in [9.17, 15) is 0 Å². The molecule has 1 aromatic heterocycles. The summed E-state index contributed by atoms with van der Waals surface area (Å²) >= 11 is 0. The van der Waals surface area contributed by atoms with Crippen LogP contribution in [0.2, 0.25) is 0 Å². The van der Waals surface area contributed by atoms with E-state index in [1.165, 1.54) is 22.2 Å². The Labute approximate surface area is 83.9 Å². The molecule has 0 saturated heterocycles. The van der Waals surface area contributed by atoms with Gasteiger partial charge in [-0.2, -0.15) is 0 Å². The molecular formula is C12H15NO. The molecule has 2 nitrogen and oxygen atoms in total. The molecule has 0 unspecified atom stereocenters. The summed E-state index contributed by atoms with van der Waals surface area (Å²) < 4.78 is 5.08. The third-order valence-corrected chi connectivity index (χ3v) is 2.63. The Hall–Kier alpha value is -1.28. The van der Waals surface area contributed by atoms with E-state index in [-0.39, 0.29) is 0 Å². The lowest BCUT2D eigenvalue weighted by Crippen LogP contribution is -1.95. The van der Waals surface area contributed by atoms with Gasteiger partial charge in [-0.15, -0.1) is 0 Å². The zero-order valence-corrected chi connectivity index (χ0v) is 8.63. The maximum Gasteiger partial charge on any atom is 0.0517 e. The van der Waals surface area contributed by atoms with Crippen LogP contribution in [0.4, 0.5) is 0 Å². The number of aromatic amines is 1. The summed E-state index contributed by atoms with van der Waals surface area (Å²) in [6.45, 7) is 2.93. The molecule has 0 aliphatic carbocycles. The van der Waals surface area contributed by atoms with E-state index in [4.69, 9.17) is 4.74 Å². The van der Waals surface area contributed by atoms with Crippen molar-refractivity contribution < 1.29 is 4.74 Å². The van der Waals surface area contributed by atoms with Crippen molar-refractivity contribution in [3.8, 4) is 0 Å². The van der Waals surface area contributed by atoms with E-state index < -0.39 is 0 Å². The van der Waals surface area contributed by atoms with Gasteiger partial charge in [-0.1, -0.05) is 18.2 Å². The minimum atomic E-state index is 0.771.